The number of halogens is 3. The zero-order chi connectivity index (χ0) is 13.1. The number of rotatable bonds is 3. The molecule has 0 amide bonds. The lowest BCUT2D eigenvalue weighted by Gasteiger charge is -2.09. The van der Waals surface area contributed by atoms with Crippen LogP contribution in [0.2, 0.25) is 5.15 Å². The Morgan fingerprint density at radius 1 is 1.39 bits per heavy atom. The molecule has 0 aliphatic heterocycles. The molecule has 0 unspecified atom stereocenters. The number of ether oxygens (including phenoxy) is 1. The predicted molar refractivity (Wildman–Crippen MR) is 70.6 cm³/mol. The highest BCUT2D eigenvalue weighted by molar-refractivity contribution is 9.10. The van der Waals surface area contributed by atoms with Gasteiger partial charge in [-0.2, -0.15) is 0 Å². The summed E-state index contributed by atoms with van der Waals surface area (Å²) < 4.78 is 19.0. The topological polar surface area (TPSA) is 35.0 Å². The van der Waals surface area contributed by atoms with E-state index in [9.17, 15) is 4.39 Å². The number of benzene rings is 1. The maximum Gasteiger partial charge on any atom is 0.226 e. The van der Waals surface area contributed by atoms with Crippen LogP contribution in [-0.2, 0) is 6.42 Å². The van der Waals surface area contributed by atoms with Crippen LogP contribution in [0.15, 0.2) is 29.0 Å². The monoisotopic (exact) mass is 330 g/mol. The van der Waals surface area contributed by atoms with Crippen molar-refractivity contribution in [2.75, 3.05) is 0 Å². The van der Waals surface area contributed by atoms with Crippen LogP contribution in [-0.4, -0.2) is 9.97 Å². The van der Waals surface area contributed by atoms with Crippen LogP contribution in [0.4, 0.5) is 4.39 Å². The van der Waals surface area contributed by atoms with Gasteiger partial charge in [0, 0.05) is 0 Å². The molecule has 0 spiro atoms. The van der Waals surface area contributed by atoms with E-state index in [0.29, 0.717) is 27.7 Å². The lowest BCUT2D eigenvalue weighted by Crippen LogP contribution is -1.96. The van der Waals surface area contributed by atoms with Crippen LogP contribution in [0.1, 0.15) is 12.5 Å². The third kappa shape index (κ3) is 2.79. The first-order valence-electron chi connectivity index (χ1n) is 5.24. The summed E-state index contributed by atoms with van der Waals surface area (Å²) in [6.45, 7) is 1.93. The molecule has 0 aliphatic rings. The summed E-state index contributed by atoms with van der Waals surface area (Å²) in [6.07, 6.45) is 1.98. The molecule has 0 saturated heterocycles. The van der Waals surface area contributed by atoms with E-state index in [1.165, 1.54) is 24.5 Å². The molecule has 0 saturated carbocycles. The molecule has 2 aromatic rings. The molecule has 18 heavy (non-hydrogen) atoms. The van der Waals surface area contributed by atoms with Crippen molar-refractivity contribution in [1.82, 2.24) is 9.97 Å². The summed E-state index contributed by atoms with van der Waals surface area (Å²) in [5.74, 6) is 0.516. The second kappa shape index (κ2) is 5.63. The van der Waals surface area contributed by atoms with Crippen LogP contribution in [0.25, 0.3) is 0 Å². The Hall–Kier alpha value is -1.20. The van der Waals surface area contributed by atoms with E-state index in [4.69, 9.17) is 16.3 Å². The smallest absolute Gasteiger partial charge is 0.226 e. The Bertz CT molecular complexity index is 580. The van der Waals surface area contributed by atoms with E-state index >= 15 is 0 Å². The van der Waals surface area contributed by atoms with E-state index in [1.54, 1.807) is 0 Å². The molecule has 0 N–H and O–H groups in total. The minimum absolute atomic E-state index is 0.332. The van der Waals surface area contributed by atoms with Gasteiger partial charge in [-0.25, -0.2) is 14.4 Å². The highest BCUT2D eigenvalue weighted by Crippen LogP contribution is 2.29. The first kappa shape index (κ1) is 13.2. The van der Waals surface area contributed by atoms with E-state index in [2.05, 4.69) is 25.9 Å². The molecule has 0 fully saturated rings. The second-order valence-electron chi connectivity index (χ2n) is 3.48. The standard InChI is InChI=1S/C12H9BrClFN2O/c1-2-8-11(14)16-6-17-12(8)18-7-3-4-10(15)9(13)5-7/h3-6H,2H2,1H3. The van der Waals surface area contributed by atoms with Gasteiger partial charge in [-0.3, -0.25) is 0 Å². The van der Waals surface area contributed by atoms with Gasteiger partial charge in [0.15, 0.2) is 0 Å². The van der Waals surface area contributed by atoms with Crippen molar-refractivity contribution in [3.05, 3.63) is 45.5 Å². The van der Waals surface area contributed by atoms with Gasteiger partial charge < -0.3 is 4.74 Å². The van der Waals surface area contributed by atoms with Gasteiger partial charge in [0.25, 0.3) is 0 Å². The maximum absolute atomic E-state index is 13.1. The van der Waals surface area contributed by atoms with Gasteiger partial charge in [-0.05, 0) is 40.5 Å². The van der Waals surface area contributed by atoms with Gasteiger partial charge in [0.05, 0.1) is 10.0 Å². The van der Waals surface area contributed by atoms with Crippen molar-refractivity contribution < 1.29 is 9.13 Å². The SMILES string of the molecule is CCc1c(Cl)ncnc1Oc1ccc(F)c(Br)c1. The molecule has 1 aromatic carbocycles. The van der Waals surface area contributed by atoms with Crippen LogP contribution < -0.4 is 4.74 Å². The fourth-order valence-corrected chi connectivity index (χ4v) is 2.03. The van der Waals surface area contributed by atoms with Crippen molar-refractivity contribution in [2.24, 2.45) is 0 Å². The zero-order valence-electron chi connectivity index (χ0n) is 9.45. The first-order valence-corrected chi connectivity index (χ1v) is 6.41. The van der Waals surface area contributed by atoms with Crippen molar-refractivity contribution in [3.63, 3.8) is 0 Å². The summed E-state index contributed by atoms with van der Waals surface area (Å²) in [7, 11) is 0. The van der Waals surface area contributed by atoms with Crippen molar-refractivity contribution >= 4 is 27.5 Å². The van der Waals surface area contributed by atoms with Gasteiger partial charge in [0.1, 0.15) is 23.0 Å². The fourth-order valence-electron chi connectivity index (χ4n) is 1.41. The molecule has 94 valence electrons. The molecule has 3 nitrogen and oxygen atoms in total. The maximum atomic E-state index is 13.1. The molecule has 1 heterocycles. The van der Waals surface area contributed by atoms with Crippen molar-refractivity contribution in [1.29, 1.82) is 0 Å². The molecule has 0 bridgehead atoms. The van der Waals surface area contributed by atoms with Gasteiger partial charge in [0.2, 0.25) is 5.88 Å². The second-order valence-corrected chi connectivity index (χ2v) is 4.69. The van der Waals surface area contributed by atoms with Gasteiger partial charge in [-0.15, -0.1) is 0 Å². The number of hydrogen-bond acceptors (Lipinski definition) is 3. The summed E-state index contributed by atoms with van der Waals surface area (Å²) in [4.78, 5) is 7.92. The lowest BCUT2D eigenvalue weighted by atomic mass is 10.2. The first-order chi connectivity index (χ1) is 8.61. The van der Waals surface area contributed by atoms with Crippen LogP contribution >= 0.6 is 27.5 Å². The molecule has 1 aromatic heterocycles. The Kier molecular flexibility index (Phi) is 4.14. The molecule has 0 aliphatic carbocycles. The number of nitrogens with zero attached hydrogens (tertiary/aromatic N) is 2. The van der Waals surface area contributed by atoms with Crippen molar-refractivity contribution in [3.8, 4) is 11.6 Å². The number of hydrogen-bond donors (Lipinski definition) is 0. The summed E-state index contributed by atoms with van der Waals surface area (Å²) in [6, 6.07) is 4.37. The molecular weight excluding hydrogens is 322 g/mol. The Morgan fingerprint density at radius 3 is 2.83 bits per heavy atom. The van der Waals surface area contributed by atoms with E-state index in [0.717, 1.165) is 5.56 Å². The third-order valence-corrected chi connectivity index (χ3v) is 3.25. The normalized spacial score (nSPS) is 10.4. The summed E-state index contributed by atoms with van der Waals surface area (Å²) in [5, 5.41) is 0.365. The summed E-state index contributed by atoms with van der Waals surface area (Å²) in [5.41, 5.74) is 0.722. The number of aromatic nitrogens is 2. The molecule has 0 atom stereocenters. The van der Waals surface area contributed by atoms with Crippen molar-refractivity contribution in [2.45, 2.75) is 13.3 Å². The molecular formula is C12H9BrClFN2O. The Morgan fingerprint density at radius 2 is 2.17 bits per heavy atom. The molecule has 2 rings (SSSR count). The summed E-state index contributed by atoms with van der Waals surface area (Å²) >= 11 is 9.05. The average molecular weight is 332 g/mol. The highest BCUT2D eigenvalue weighted by atomic mass is 79.9. The minimum atomic E-state index is -0.348. The third-order valence-electron chi connectivity index (χ3n) is 2.31. The molecule has 6 heteroatoms. The highest BCUT2D eigenvalue weighted by Gasteiger charge is 2.11. The van der Waals surface area contributed by atoms with E-state index < -0.39 is 0 Å². The Balaban J connectivity index is 2.34. The van der Waals surface area contributed by atoms with Crippen LogP contribution in [0, 0.1) is 5.82 Å². The Labute approximate surface area is 117 Å². The minimum Gasteiger partial charge on any atom is -0.439 e. The molecule has 0 radical (unpaired) electrons. The van der Waals surface area contributed by atoms with Crippen LogP contribution in [0.3, 0.4) is 0 Å². The van der Waals surface area contributed by atoms with Gasteiger partial charge in [-0.1, -0.05) is 18.5 Å². The van der Waals surface area contributed by atoms with E-state index in [-0.39, 0.29) is 5.82 Å². The average Bonchev–Trinajstić information content (AvgIpc) is 2.34. The zero-order valence-corrected chi connectivity index (χ0v) is 11.8. The largest absolute Gasteiger partial charge is 0.439 e. The fraction of sp³-hybridized carbons (Fsp3) is 0.167. The van der Waals surface area contributed by atoms with Gasteiger partial charge >= 0.3 is 0 Å². The van der Waals surface area contributed by atoms with Crippen LogP contribution in [0.5, 0.6) is 11.6 Å². The lowest BCUT2D eigenvalue weighted by molar-refractivity contribution is 0.453. The quantitative estimate of drug-likeness (QED) is 0.783. The predicted octanol–water partition coefficient (Wildman–Crippen LogP) is 4.39. The van der Waals surface area contributed by atoms with E-state index in [1.807, 2.05) is 6.92 Å².